The standard InChI is InChI=1S/C13H23N3O/c1-4-16(5-2)9-11(3)15-12(17)13(10-14)7-6-8-13/h11H,4-9H2,1-3H3,(H,15,17). The van der Waals surface area contributed by atoms with Crippen LogP contribution in [0.2, 0.25) is 0 Å². The van der Waals surface area contributed by atoms with E-state index in [-0.39, 0.29) is 11.9 Å². The van der Waals surface area contributed by atoms with Crippen LogP contribution in [0.1, 0.15) is 40.0 Å². The predicted molar refractivity (Wildman–Crippen MR) is 67.3 cm³/mol. The van der Waals surface area contributed by atoms with Crippen LogP contribution in [0.4, 0.5) is 0 Å². The molecule has 1 amide bonds. The van der Waals surface area contributed by atoms with E-state index in [9.17, 15) is 4.79 Å². The zero-order valence-corrected chi connectivity index (χ0v) is 11.1. The third-order valence-electron chi connectivity index (χ3n) is 3.66. The van der Waals surface area contributed by atoms with Crippen LogP contribution in [0.25, 0.3) is 0 Å². The number of carbonyl (C=O) groups excluding carboxylic acids is 1. The maximum atomic E-state index is 12.0. The maximum Gasteiger partial charge on any atom is 0.240 e. The highest BCUT2D eigenvalue weighted by Crippen LogP contribution is 2.40. The van der Waals surface area contributed by atoms with Crippen molar-refractivity contribution in [2.75, 3.05) is 19.6 Å². The monoisotopic (exact) mass is 237 g/mol. The molecule has 1 unspecified atom stereocenters. The number of nitrogens with zero attached hydrogens (tertiary/aromatic N) is 2. The fourth-order valence-corrected chi connectivity index (χ4v) is 2.20. The molecular weight excluding hydrogens is 214 g/mol. The van der Waals surface area contributed by atoms with Gasteiger partial charge in [0.1, 0.15) is 5.41 Å². The van der Waals surface area contributed by atoms with E-state index in [0.29, 0.717) is 12.8 Å². The molecule has 0 aromatic rings. The molecule has 1 N–H and O–H groups in total. The first-order chi connectivity index (χ1) is 8.07. The zero-order valence-electron chi connectivity index (χ0n) is 11.1. The summed E-state index contributed by atoms with van der Waals surface area (Å²) >= 11 is 0. The van der Waals surface area contributed by atoms with Gasteiger partial charge in [0.2, 0.25) is 5.91 Å². The van der Waals surface area contributed by atoms with Crippen molar-refractivity contribution in [3.8, 4) is 6.07 Å². The van der Waals surface area contributed by atoms with Crippen LogP contribution < -0.4 is 5.32 Å². The lowest BCUT2D eigenvalue weighted by atomic mass is 9.69. The number of nitrogens with one attached hydrogen (secondary N) is 1. The molecule has 0 aliphatic heterocycles. The average molecular weight is 237 g/mol. The van der Waals surface area contributed by atoms with Crippen molar-refractivity contribution in [3.63, 3.8) is 0 Å². The second-order valence-electron chi connectivity index (χ2n) is 4.91. The first-order valence-corrected chi connectivity index (χ1v) is 6.52. The molecule has 0 aromatic carbocycles. The molecule has 1 atom stereocenters. The highest BCUT2D eigenvalue weighted by molar-refractivity contribution is 5.86. The molecule has 0 bridgehead atoms. The van der Waals surface area contributed by atoms with Crippen LogP contribution in [-0.2, 0) is 4.79 Å². The van der Waals surface area contributed by atoms with Gasteiger partial charge in [0.05, 0.1) is 6.07 Å². The van der Waals surface area contributed by atoms with Crippen LogP contribution in [0.3, 0.4) is 0 Å². The fraction of sp³-hybridized carbons (Fsp3) is 0.846. The SMILES string of the molecule is CCN(CC)CC(C)NC(=O)C1(C#N)CCC1. The molecule has 17 heavy (non-hydrogen) atoms. The molecule has 4 heteroatoms. The van der Waals surface area contributed by atoms with E-state index in [0.717, 1.165) is 26.1 Å². The summed E-state index contributed by atoms with van der Waals surface area (Å²) in [6.07, 6.45) is 2.42. The maximum absolute atomic E-state index is 12.0. The van der Waals surface area contributed by atoms with Crippen molar-refractivity contribution in [1.82, 2.24) is 10.2 Å². The lowest BCUT2D eigenvalue weighted by Crippen LogP contribution is -2.50. The molecule has 0 saturated heterocycles. The minimum atomic E-state index is -0.725. The molecule has 0 heterocycles. The van der Waals surface area contributed by atoms with Crippen molar-refractivity contribution in [1.29, 1.82) is 5.26 Å². The molecule has 96 valence electrons. The number of nitriles is 1. The molecular formula is C13H23N3O. The summed E-state index contributed by atoms with van der Waals surface area (Å²) in [5.74, 6) is -0.0779. The Morgan fingerprint density at radius 1 is 1.47 bits per heavy atom. The van der Waals surface area contributed by atoms with Gasteiger partial charge < -0.3 is 10.2 Å². The van der Waals surface area contributed by atoms with E-state index in [1.165, 1.54) is 0 Å². The molecule has 0 radical (unpaired) electrons. The number of likely N-dealkylation sites (N-methyl/N-ethyl adjacent to an activating group) is 1. The van der Waals surface area contributed by atoms with E-state index in [1.807, 2.05) is 6.92 Å². The minimum Gasteiger partial charge on any atom is -0.351 e. The second-order valence-corrected chi connectivity index (χ2v) is 4.91. The van der Waals surface area contributed by atoms with Crippen LogP contribution in [0.15, 0.2) is 0 Å². The van der Waals surface area contributed by atoms with Crippen molar-refractivity contribution < 1.29 is 4.79 Å². The highest BCUT2D eigenvalue weighted by Gasteiger charge is 2.44. The van der Waals surface area contributed by atoms with Crippen LogP contribution in [-0.4, -0.2) is 36.5 Å². The van der Waals surface area contributed by atoms with Crippen molar-refractivity contribution in [3.05, 3.63) is 0 Å². The van der Waals surface area contributed by atoms with Crippen LogP contribution in [0.5, 0.6) is 0 Å². The first kappa shape index (κ1) is 14.0. The molecule has 0 aromatic heterocycles. The Morgan fingerprint density at radius 3 is 2.41 bits per heavy atom. The molecule has 1 rings (SSSR count). The van der Waals surface area contributed by atoms with Gasteiger partial charge in [-0.1, -0.05) is 13.8 Å². The van der Waals surface area contributed by atoms with Gasteiger partial charge in [-0.2, -0.15) is 5.26 Å². The molecule has 1 saturated carbocycles. The Labute approximate surface area is 104 Å². The third-order valence-corrected chi connectivity index (χ3v) is 3.66. The lowest BCUT2D eigenvalue weighted by molar-refractivity contribution is -0.132. The smallest absolute Gasteiger partial charge is 0.240 e. The van der Waals surface area contributed by atoms with Crippen LogP contribution in [0, 0.1) is 16.7 Å². The van der Waals surface area contributed by atoms with Gasteiger partial charge in [0.25, 0.3) is 0 Å². The van der Waals surface area contributed by atoms with E-state index < -0.39 is 5.41 Å². The first-order valence-electron chi connectivity index (χ1n) is 6.52. The number of rotatable bonds is 6. The molecule has 4 nitrogen and oxygen atoms in total. The van der Waals surface area contributed by atoms with Crippen molar-refractivity contribution >= 4 is 5.91 Å². The molecule has 1 aliphatic rings. The predicted octanol–water partition coefficient (Wildman–Crippen LogP) is 1.53. The Morgan fingerprint density at radius 2 is 2.06 bits per heavy atom. The van der Waals surface area contributed by atoms with E-state index in [2.05, 4.69) is 30.1 Å². The van der Waals surface area contributed by atoms with Gasteiger partial charge in [0.15, 0.2) is 0 Å². The van der Waals surface area contributed by atoms with Crippen LogP contribution >= 0.6 is 0 Å². The Balaban J connectivity index is 2.43. The third kappa shape index (κ3) is 3.19. The Hall–Kier alpha value is -1.08. The highest BCUT2D eigenvalue weighted by atomic mass is 16.2. The summed E-state index contributed by atoms with van der Waals surface area (Å²) in [6, 6.07) is 2.28. The normalized spacial score (nSPS) is 19.2. The zero-order chi connectivity index (χ0) is 12.9. The van der Waals surface area contributed by atoms with E-state index >= 15 is 0 Å². The van der Waals surface area contributed by atoms with Gasteiger partial charge in [-0.05, 0) is 39.3 Å². The Bertz CT molecular complexity index is 300. The molecule has 1 aliphatic carbocycles. The van der Waals surface area contributed by atoms with Gasteiger partial charge in [-0.15, -0.1) is 0 Å². The molecule has 0 spiro atoms. The molecule has 1 fully saturated rings. The van der Waals surface area contributed by atoms with Gasteiger partial charge in [-0.25, -0.2) is 0 Å². The largest absolute Gasteiger partial charge is 0.351 e. The lowest BCUT2D eigenvalue weighted by Gasteiger charge is -2.35. The van der Waals surface area contributed by atoms with E-state index in [4.69, 9.17) is 5.26 Å². The summed E-state index contributed by atoms with van der Waals surface area (Å²) in [5, 5.41) is 12.0. The minimum absolute atomic E-state index is 0.0779. The average Bonchev–Trinajstić information content (AvgIpc) is 2.25. The number of hydrogen-bond donors (Lipinski definition) is 1. The quantitative estimate of drug-likeness (QED) is 0.762. The second kappa shape index (κ2) is 6.02. The van der Waals surface area contributed by atoms with Gasteiger partial charge >= 0.3 is 0 Å². The Kier molecular flexibility index (Phi) is 4.95. The summed E-state index contributed by atoms with van der Waals surface area (Å²) in [6.45, 7) is 9.04. The van der Waals surface area contributed by atoms with Crippen molar-refractivity contribution in [2.45, 2.75) is 46.1 Å². The number of amides is 1. The van der Waals surface area contributed by atoms with E-state index in [1.54, 1.807) is 0 Å². The summed E-state index contributed by atoms with van der Waals surface area (Å²) < 4.78 is 0. The number of hydrogen-bond acceptors (Lipinski definition) is 3. The number of carbonyl (C=O) groups is 1. The van der Waals surface area contributed by atoms with Crippen molar-refractivity contribution in [2.24, 2.45) is 5.41 Å². The summed E-state index contributed by atoms with van der Waals surface area (Å²) in [7, 11) is 0. The summed E-state index contributed by atoms with van der Waals surface area (Å²) in [4.78, 5) is 14.3. The van der Waals surface area contributed by atoms with Gasteiger partial charge in [-0.3, -0.25) is 4.79 Å². The topological polar surface area (TPSA) is 56.1 Å². The fourth-order valence-electron chi connectivity index (χ4n) is 2.20. The summed E-state index contributed by atoms with van der Waals surface area (Å²) in [5.41, 5.74) is -0.725. The van der Waals surface area contributed by atoms with Gasteiger partial charge in [0, 0.05) is 12.6 Å².